The van der Waals surface area contributed by atoms with E-state index >= 15 is 0 Å². The molecule has 1 aromatic carbocycles. The SMILES string of the molecule is O=C(CNC(C(=O)O)C1CC1)Nc1ccc(F)c(Cl)c1. The van der Waals surface area contributed by atoms with Gasteiger partial charge in [0, 0.05) is 5.69 Å². The molecule has 1 fully saturated rings. The Morgan fingerprint density at radius 3 is 2.70 bits per heavy atom. The predicted molar refractivity (Wildman–Crippen MR) is 72.2 cm³/mol. The Bertz CT molecular complexity index is 534. The topological polar surface area (TPSA) is 78.4 Å². The highest BCUT2D eigenvalue weighted by molar-refractivity contribution is 6.31. The van der Waals surface area contributed by atoms with Crippen molar-refractivity contribution in [2.45, 2.75) is 18.9 Å². The molecule has 0 aromatic heterocycles. The van der Waals surface area contributed by atoms with Gasteiger partial charge in [-0.05, 0) is 37.0 Å². The average molecular weight is 301 g/mol. The Morgan fingerprint density at radius 1 is 1.45 bits per heavy atom. The third-order valence-corrected chi connectivity index (χ3v) is 3.34. The molecule has 1 aliphatic rings. The van der Waals surface area contributed by atoms with Gasteiger partial charge >= 0.3 is 5.97 Å². The predicted octanol–water partition coefficient (Wildman–Crippen LogP) is 1.87. The zero-order chi connectivity index (χ0) is 14.7. The number of anilines is 1. The lowest BCUT2D eigenvalue weighted by Gasteiger charge is -2.13. The van der Waals surface area contributed by atoms with Crippen LogP contribution in [0.1, 0.15) is 12.8 Å². The molecular weight excluding hydrogens is 287 g/mol. The van der Waals surface area contributed by atoms with E-state index in [9.17, 15) is 14.0 Å². The summed E-state index contributed by atoms with van der Waals surface area (Å²) in [5.74, 6) is -1.83. The van der Waals surface area contributed by atoms with E-state index in [1.165, 1.54) is 12.1 Å². The van der Waals surface area contributed by atoms with Crippen LogP contribution < -0.4 is 10.6 Å². The number of halogens is 2. The van der Waals surface area contributed by atoms with Crippen molar-refractivity contribution < 1.29 is 19.1 Å². The van der Waals surface area contributed by atoms with Crippen molar-refractivity contribution in [2.24, 2.45) is 5.92 Å². The minimum Gasteiger partial charge on any atom is -0.480 e. The van der Waals surface area contributed by atoms with Crippen LogP contribution in [0, 0.1) is 11.7 Å². The molecule has 108 valence electrons. The zero-order valence-electron chi connectivity index (χ0n) is 10.5. The second kappa shape index (κ2) is 6.19. The van der Waals surface area contributed by atoms with Gasteiger partial charge in [0.15, 0.2) is 0 Å². The van der Waals surface area contributed by atoms with Crippen molar-refractivity contribution >= 4 is 29.2 Å². The monoisotopic (exact) mass is 300 g/mol. The molecule has 7 heteroatoms. The van der Waals surface area contributed by atoms with Crippen LogP contribution in [0.4, 0.5) is 10.1 Å². The molecule has 5 nitrogen and oxygen atoms in total. The van der Waals surface area contributed by atoms with Crippen LogP contribution >= 0.6 is 11.6 Å². The van der Waals surface area contributed by atoms with Crippen molar-refractivity contribution in [3.05, 3.63) is 29.0 Å². The number of nitrogens with one attached hydrogen (secondary N) is 2. The van der Waals surface area contributed by atoms with Gasteiger partial charge in [-0.3, -0.25) is 14.9 Å². The number of benzene rings is 1. The maximum Gasteiger partial charge on any atom is 0.320 e. The molecule has 1 saturated carbocycles. The van der Waals surface area contributed by atoms with Crippen LogP contribution in [0.5, 0.6) is 0 Å². The largest absolute Gasteiger partial charge is 0.480 e. The molecule has 0 saturated heterocycles. The lowest BCUT2D eigenvalue weighted by atomic mass is 10.2. The van der Waals surface area contributed by atoms with E-state index in [1.807, 2.05) is 0 Å². The van der Waals surface area contributed by atoms with Crippen LogP contribution in [-0.4, -0.2) is 29.6 Å². The van der Waals surface area contributed by atoms with Crippen LogP contribution in [0.3, 0.4) is 0 Å². The van der Waals surface area contributed by atoms with Gasteiger partial charge in [0.25, 0.3) is 0 Å². The van der Waals surface area contributed by atoms with Crippen LogP contribution in [0.25, 0.3) is 0 Å². The van der Waals surface area contributed by atoms with Crippen molar-refractivity contribution in [1.82, 2.24) is 5.32 Å². The summed E-state index contributed by atoms with van der Waals surface area (Å²) in [7, 11) is 0. The Morgan fingerprint density at radius 2 is 2.15 bits per heavy atom. The first-order valence-electron chi connectivity index (χ1n) is 6.18. The Labute approximate surface area is 120 Å². The maximum atomic E-state index is 13.0. The molecule has 1 unspecified atom stereocenters. The van der Waals surface area contributed by atoms with Gasteiger partial charge in [0.05, 0.1) is 11.6 Å². The Hall–Kier alpha value is -1.66. The highest BCUT2D eigenvalue weighted by Gasteiger charge is 2.36. The molecule has 0 radical (unpaired) electrons. The highest BCUT2D eigenvalue weighted by atomic mass is 35.5. The van der Waals surface area contributed by atoms with Crippen molar-refractivity contribution in [1.29, 1.82) is 0 Å². The maximum absolute atomic E-state index is 13.0. The Balaban J connectivity index is 1.85. The molecule has 0 aliphatic heterocycles. The first-order valence-corrected chi connectivity index (χ1v) is 6.56. The molecule has 0 heterocycles. The Kier molecular flexibility index (Phi) is 4.57. The molecule has 0 spiro atoms. The fourth-order valence-electron chi connectivity index (χ4n) is 1.87. The van der Waals surface area contributed by atoms with Crippen LogP contribution in [0.2, 0.25) is 5.02 Å². The number of carbonyl (C=O) groups excluding carboxylic acids is 1. The summed E-state index contributed by atoms with van der Waals surface area (Å²) in [6, 6.07) is 3.13. The summed E-state index contributed by atoms with van der Waals surface area (Å²) in [5, 5.41) is 14.1. The smallest absolute Gasteiger partial charge is 0.320 e. The fraction of sp³-hybridized carbons (Fsp3) is 0.385. The number of amides is 1. The summed E-state index contributed by atoms with van der Waals surface area (Å²) in [6.45, 7) is -0.123. The summed E-state index contributed by atoms with van der Waals surface area (Å²) in [6.07, 6.45) is 1.72. The second-order valence-electron chi connectivity index (χ2n) is 4.71. The van der Waals surface area contributed by atoms with Crippen LogP contribution in [-0.2, 0) is 9.59 Å². The number of hydrogen-bond acceptors (Lipinski definition) is 3. The van der Waals surface area contributed by atoms with Gasteiger partial charge in [0.2, 0.25) is 5.91 Å². The summed E-state index contributed by atoms with van der Waals surface area (Å²) < 4.78 is 13.0. The third kappa shape index (κ3) is 3.91. The number of carbonyl (C=O) groups is 2. The second-order valence-corrected chi connectivity index (χ2v) is 5.12. The molecule has 1 atom stereocenters. The normalized spacial score (nSPS) is 15.7. The lowest BCUT2D eigenvalue weighted by molar-refractivity contribution is -0.140. The van der Waals surface area contributed by atoms with Gasteiger partial charge in [-0.15, -0.1) is 0 Å². The average Bonchev–Trinajstić information content (AvgIpc) is 3.18. The molecule has 0 bridgehead atoms. The van der Waals surface area contributed by atoms with Crippen molar-refractivity contribution in [3.63, 3.8) is 0 Å². The molecule has 2 rings (SSSR count). The molecular formula is C13H14ClFN2O3. The van der Waals surface area contributed by atoms with E-state index in [1.54, 1.807) is 0 Å². The van der Waals surface area contributed by atoms with E-state index in [2.05, 4.69) is 10.6 Å². The number of rotatable bonds is 6. The molecule has 3 N–H and O–H groups in total. The zero-order valence-corrected chi connectivity index (χ0v) is 11.3. The number of carboxylic acids is 1. The molecule has 20 heavy (non-hydrogen) atoms. The van der Waals surface area contributed by atoms with E-state index in [0.29, 0.717) is 5.69 Å². The van der Waals surface area contributed by atoms with Gasteiger partial charge < -0.3 is 10.4 Å². The molecule has 1 amide bonds. The highest BCUT2D eigenvalue weighted by Crippen LogP contribution is 2.32. The van der Waals surface area contributed by atoms with E-state index in [-0.39, 0.29) is 17.5 Å². The minimum atomic E-state index is -0.954. The van der Waals surface area contributed by atoms with Gasteiger partial charge in [-0.25, -0.2) is 4.39 Å². The molecule has 1 aromatic rings. The van der Waals surface area contributed by atoms with E-state index in [0.717, 1.165) is 18.9 Å². The standard InChI is InChI=1S/C13H14ClFN2O3/c14-9-5-8(3-4-10(9)15)17-11(18)6-16-12(13(19)20)7-1-2-7/h3-5,7,12,16H,1-2,6H2,(H,17,18)(H,19,20). The summed E-state index contributed by atoms with van der Waals surface area (Å²) >= 11 is 5.60. The van der Waals surface area contributed by atoms with Gasteiger partial charge in [-0.2, -0.15) is 0 Å². The van der Waals surface area contributed by atoms with E-state index < -0.39 is 23.7 Å². The summed E-state index contributed by atoms with van der Waals surface area (Å²) in [4.78, 5) is 22.7. The van der Waals surface area contributed by atoms with E-state index in [4.69, 9.17) is 16.7 Å². The first kappa shape index (κ1) is 14.7. The van der Waals surface area contributed by atoms with Crippen molar-refractivity contribution in [2.75, 3.05) is 11.9 Å². The number of carboxylic acid groups (broad SMARTS) is 1. The van der Waals surface area contributed by atoms with Gasteiger partial charge in [0.1, 0.15) is 11.9 Å². The number of hydrogen-bond donors (Lipinski definition) is 3. The van der Waals surface area contributed by atoms with Crippen molar-refractivity contribution in [3.8, 4) is 0 Å². The quantitative estimate of drug-likeness (QED) is 0.749. The third-order valence-electron chi connectivity index (χ3n) is 3.05. The molecule has 1 aliphatic carbocycles. The minimum absolute atomic E-state index is 0.0860. The van der Waals surface area contributed by atoms with Gasteiger partial charge in [-0.1, -0.05) is 11.6 Å². The lowest BCUT2D eigenvalue weighted by Crippen LogP contribution is -2.42. The fourth-order valence-corrected chi connectivity index (χ4v) is 2.05. The summed E-state index contributed by atoms with van der Waals surface area (Å²) in [5.41, 5.74) is 0.362. The first-order chi connectivity index (χ1) is 9.47. The number of aliphatic carboxylic acids is 1. The van der Waals surface area contributed by atoms with Crippen LogP contribution in [0.15, 0.2) is 18.2 Å².